The molecule has 0 aliphatic carbocycles. The Morgan fingerprint density at radius 3 is 2.48 bits per heavy atom. The second kappa shape index (κ2) is 7.55. The van der Waals surface area contributed by atoms with Crippen LogP contribution < -0.4 is 5.32 Å². The molecule has 1 aliphatic rings. The third kappa shape index (κ3) is 6.75. The van der Waals surface area contributed by atoms with Gasteiger partial charge in [-0.3, -0.25) is 4.79 Å². The van der Waals surface area contributed by atoms with Crippen molar-refractivity contribution in [3.63, 3.8) is 0 Å². The highest BCUT2D eigenvalue weighted by Crippen LogP contribution is 2.11. The largest absolute Gasteiger partial charge is 0.352 e. The normalized spacial score (nSPS) is 21.6. The molecule has 1 fully saturated rings. The second-order valence-corrected chi connectivity index (χ2v) is 9.64. The fourth-order valence-electron chi connectivity index (χ4n) is 2.21. The van der Waals surface area contributed by atoms with E-state index in [-0.39, 0.29) is 36.4 Å². The second-order valence-electron chi connectivity index (χ2n) is 5.43. The first-order valence-corrected chi connectivity index (χ1v) is 10.8. The van der Waals surface area contributed by atoms with E-state index in [0.29, 0.717) is 13.0 Å². The van der Waals surface area contributed by atoms with E-state index >= 15 is 0 Å². The molecule has 1 atom stereocenters. The van der Waals surface area contributed by atoms with Crippen molar-refractivity contribution in [2.45, 2.75) is 38.6 Å². The van der Waals surface area contributed by atoms with Crippen LogP contribution in [0.5, 0.6) is 0 Å². The minimum Gasteiger partial charge on any atom is -0.352 e. The van der Waals surface area contributed by atoms with Gasteiger partial charge in [-0.1, -0.05) is 13.3 Å². The van der Waals surface area contributed by atoms with Crippen molar-refractivity contribution in [3.8, 4) is 0 Å². The van der Waals surface area contributed by atoms with E-state index in [9.17, 15) is 21.6 Å². The summed E-state index contributed by atoms with van der Waals surface area (Å²) in [5.74, 6) is -0.226. The van der Waals surface area contributed by atoms with Crippen LogP contribution in [0, 0.1) is 0 Å². The Morgan fingerprint density at radius 2 is 2.00 bits per heavy atom. The van der Waals surface area contributed by atoms with Gasteiger partial charge in [0, 0.05) is 25.6 Å². The number of nitrogens with zero attached hydrogens (tertiary/aromatic N) is 1. The van der Waals surface area contributed by atoms with Crippen LogP contribution in [0.3, 0.4) is 0 Å². The van der Waals surface area contributed by atoms with Gasteiger partial charge in [0.1, 0.15) is 0 Å². The van der Waals surface area contributed by atoms with E-state index in [1.54, 1.807) is 0 Å². The predicted molar refractivity (Wildman–Crippen MR) is 81.1 cm³/mol. The molecule has 1 aliphatic heterocycles. The molecule has 21 heavy (non-hydrogen) atoms. The average molecular weight is 340 g/mol. The van der Waals surface area contributed by atoms with Gasteiger partial charge in [0.15, 0.2) is 9.84 Å². The monoisotopic (exact) mass is 340 g/mol. The molecule has 1 heterocycles. The van der Waals surface area contributed by atoms with Crippen molar-refractivity contribution in [2.75, 3.05) is 30.9 Å². The lowest BCUT2D eigenvalue weighted by Gasteiger charge is -2.20. The topological polar surface area (TPSA) is 101 Å². The summed E-state index contributed by atoms with van der Waals surface area (Å²) in [6.45, 7) is 2.50. The lowest BCUT2D eigenvalue weighted by atomic mass is 10.2. The quantitative estimate of drug-likeness (QED) is 0.656. The number of nitrogens with one attached hydrogen (secondary N) is 1. The first-order chi connectivity index (χ1) is 9.64. The molecule has 0 aromatic carbocycles. The fourth-order valence-corrected chi connectivity index (χ4v) is 4.77. The number of hydrogen-bond donors (Lipinski definition) is 1. The molecule has 1 N–H and O–H groups in total. The van der Waals surface area contributed by atoms with E-state index in [0.717, 1.165) is 19.1 Å². The minimum absolute atomic E-state index is 0.0234. The molecule has 1 amide bonds. The first kappa shape index (κ1) is 18.4. The zero-order chi connectivity index (χ0) is 16.1. The SMILES string of the molecule is CCCCN(CCC(=O)NC1CCS(=O)(=O)C1)S(C)(=O)=O. The van der Waals surface area contributed by atoms with Crippen LogP contribution >= 0.6 is 0 Å². The number of hydrogen-bond acceptors (Lipinski definition) is 5. The highest BCUT2D eigenvalue weighted by molar-refractivity contribution is 7.91. The summed E-state index contributed by atoms with van der Waals surface area (Å²) in [6, 6.07) is -0.343. The maximum atomic E-state index is 11.8. The maximum Gasteiger partial charge on any atom is 0.221 e. The van der Waals surface area contributed by atoms with E-state index in [4.69, 9.17) is 0 Å². The van der Waals surface area contributed by atoms with Crippen molar-refractivity contribution in [3.05, 3.63) is 0 Å². The molecular formula is C12H24N2O5S2. The Labute approximate surface area is 127 Å². The van der Waals surface area contributed by atoms with Gasteiger partial charge in [-0.15, -0.1) is 0 Å². The van der Waals surface area contributed by atoms with Crippen LogP contribution in [0.2, 0.25) is 0 Å². The maximum absolute atomic E-state index is 11.8. The third-order valence-electron chi connectivity index (χ3n) is 3.42. The van der Waals surface area contributed by atoms with E-state index in [2.05, 4.69) is 5.32 Å². The molecule has 7 nitrogen and oxygen atoms in total. The molecule has 0 bridgehead atoms. The summed E-state index contributed by atoms with van der Waals surface area (Å²) in [6.07, 6.45) is 3.23. The Balaban J connectivity index is 2.43. The summed E-state index contributed by atoms with van der Waals surface area (Å²) in [5, 5.41) is 2.66. The van der Waals surface area contributed by atoms with Gasteiger partial charge in [-0.25, -0.2) is 21.1 Å². The summed E-state index contributed by atoms with van der Waals surface area (Å²) < 4.78 is 47.1. The molecule has 124 valence electrons. The summed E-state index contributed by atoms with van der Waals surface area (Å²) in [4.78, 5) is 11.8. The van der Waals surface area contributed by atoms with Gasteiger partial charge in [0.05, 0.1) is 17.8 Å². The standard InChI is InChI=1S/C12H24N2O5S2/c1-3-4-7-14(20(2,16)17)8-5-12(15)13-11-6-9-21(18,19)10-11/h11H,3-10H2,1-2H3,(H,13,15). The third-order valence-corrected chi connectivity index (χ3v) is 6.49. The molecular weight excluding hydrogens is 316 g/mol. The van der Waals surface area contributed by atoms with Crippen molar-refractivity contribution >= 4 is 25.8 Å². The van der Waals surface area contributed by atoms with Crippen molar-refractivity contribution in [1.82, 2.24) is 9.62 Å². The number of carbonyl (C=O) groups excluding carboxylic acids is 1. The summed E-state index contributed by atoms with van der Waals surface area (Å²) >= 11 is 0. The van der Waals surface area contributed by atoms with Gasteiger partial charge in [0.2, 0.25) is 15.9 Å². The zero-order valence-corrected chi connectivity index (χ0v) is 14.2. The summed E-state index contributed by atoms with van der Waals surface area (Å²) in [5.41, 5.74) is 0. The molecule has 1 rings (SSSR count). The van der Waals surface area contributed by atoms with E-state index in [1.165, 1.54) is 4.31 Å². The predicted octanol–water partition coefficient (Wildman–Crippen LogP) is -0.258. The average Bonchev–Trinajstić information content (AvgIpc) is 2.67. The highest BCUT2D eigenvalue weighted by atomic mass is 32.2. The molecule has 1 saturated heterocycles. The Morgan fingerprint density at radius 1 is 1.33 bits per heavy atom. The number of sulfone groups is 1. The fraction of sp³-hybridized carbons (Fsp3) is 0.917. The van der Waals surface area contributed by atoms with Gasteiger partial charge in [-0.2, -0.15) is 0 Å². The Hall–Kier alpha value is -0.670. The van der Waals surface area contributed by atoms with E-state index in [1.807, 2.05) is 6.92 Å². The number of carbonyl (C=O) groups is 1. The molecule has 0 radical (unpaired) electrons. The highest BCUT2D eigenvalue weighted by Gasteiger charge is 2.29. The van der Waals surface area contributed by atoms with Crippen LogP contribution in [-0.2, 0) is 24.7 Å². The lowest BCUT2D eigenvalue weighted by molar-refractivity contribution is -0.121. The smallest absolute Gasteiger partial charge is 0.221 e. The molecule has 0 aromatic heterocycles. The minimum atomic E-state index is -3.32. The van der Waals surface area contributed by atoms with Gasteiger partial charge >= 0.3 is 0 Å². The number of unbranched alkanes of at least 4 members (excludes halogenated alkanes) is 1. The number of sulfonamides is 1. The van der Waals surface area contributed by atoms with Crippen LogP contribution in [0.25, 0.3) is 0 Å². The molecule has 0 saturated carbocycles. The van der Waals surface area contributed by atoms with Crippen LogP contribution in [0.1, 0.15) is 32.6 Å². The Kier molecular flexibility index (Phi) is 6.61. The van der Waals surface area contributed by atoms with Gasteiger partial charge < -0.3 is 5.32 Å². The first-order valence-electron chi connectivity index (χ1n) is 7.09. The van der Waals surface area contributed by atoms with Crippen molar-refractivity contribution in [2.24, 2.45) is 0 Å². The van der Waals surface area contributed by atoms with Gasteiger partial charge in [0.25, 0.3) is 0 Å². The van der Waals surface area contributed by atoms with Crippen molar-refractivity contribution < 1.29 is 21.6 Å². The molecule has 0 spiro atoms. The lowest BCUT2D eigenvalue weighted by Crippen LogP contribution is -2.39. The number of amides is 1. The van der Waals surface area contributed by atoms with Crippen LogP contribution in [0.4, 0.5) is 0 Å². The zero-order valence-electron chi connectivity index (χ0n) is 12.5. The van der Waals surface area contributed by atoms with E-state index < -0.39 is 19.9 Å². The van der Waals surface area contributed by atoms with Crippen LogP contribution in [0.15, 0.2) is 0 Å². The molecule has 9 heteroatoms. The summed E-state index contributed by atoms with van der Waals surface area (Å²) in [7, 11) is -6.35. The molecule has 0 aromatic rings. The number of rotatable bonds is 8. The van der Waals surface area contributed by atoms with Crippen molar-refractivity contribution in [1.29, 1.82) is 0 Å². The van der Waals surface area contributed by atoms with Crippen LogP contribution in [-0.4, -0.2) is 63.9 Å². The van der Waals surface area contributed by atoms with Gasteiger partial charge in [-0.05, 0) is 12.8 Å². The molecule has 1 unspecified atom stereocenters. The Bertz CT molecular complexity index is 556.